The van der Waals surface area contributed by atoms with E-state index in [2.05, 4.69) is 15.4 Å². The summed E-state index contributed by atoms with van der Waals surface area (Å²) < 4.78 is 31.7. The highest BCUT2D eigenvalue weighted by Crippen LogP contribution is 2.13. The van der Waals surface area contributed by atoms with Gasteiger partial charge in [0.25, 0.3) is 0 Å². The molecule has 0 aliphatic heterocycles. The minimum absolute atomic E-state index is 0.0337. The van der Waals surface area contributed by atoms with E-state index in [1.807, 2.05) is 50.2 Å². The minimum atomic E-state index is -5.08. The van der Waals surface area contributed by atoms with Gasteiger partial charge in [-0.3, -0.25) is 4.79 Å². The minimum Gasteiger partial charge on any atom is -0.475 e. The van der Waals surface area contributed by atoms with Crippen LogP contribution >= 0.6 is 0 Å². The molecule has 0 unspecified atom stereocenters. The second-order valence-electron chi connectivity index (χ2n) is 6.30. The molecular weight excluding hydrogens is 403 g/mol. The monoisotopic (exact) mass is 423 g/mol. The summed E-state index contributed by atoms with van der Waals surface area (Å²) in [6.45, 7) is 4.72. The van der Waals surface area contributed by atoms with Crippen molar-refractivity contribution in [2.45, 2.75) is 26.4 Å². The van der Waals surface area contributed by atoms with Crippen LogP contribution in [0.5, 0.6) is 0 Å². The Kier molecular flexibility index (Phi) is 9.38. The van der Waals surface area contributed by atoms with Crippen LogP contribution in [0.4, 0.5) is 19.0 Å². The molecule has 11 heteroatoms. The average Bonchev–Trinajstić information content (AvgIpc) is 2.68. The van der Waals surface area contributed by atoms with Crippen molar-refractivity contribution >= 4 is 17.7 Å². The number of rotatable bonds is 6. The number of carboxylic acid groups (broad SMARTS) is 1. The third-order valence-corrected chi connectivity index (χ3v) is 3.32. The Hall–Kier alpha value is -3.52. The van der Waals surface area contributed by atoms with Crippen molar-refractivity contribution in [2.75, 3.05) is 11.6 Å². The number of nitriles is 1. The van der Waals surface area contributed by atoms with Crippen LogP contribution in [0.1, 0.15) is 25.2 Å². The first-order valence-corrected chi connectivity index (χ1v) is 8.68. The number of alkyl halides is 3. The SMILES string of the molecule is CC(C)CNN(C(=O)Cc1ccccc1)c1ccnc(C#N)n1.O=C(O)C(F)(F)F. The predicted octanol–water partition coefficient (Wildman–Crippen LogP) is 2.72. The molecule has 1 aromatic heterocycles. The van der Waals surface area contributed by atoms with E-state index in [0.717, 1.165) is 5.56 Å². The van der Waals surface area contributed by atoms with Gasteiger partial charge >= 0.3 is 12.1 Å². The lowest BCUT2D eigenvalue weighted by atomic mass is 10.1. The zero-order chi connectivity index (χ0) is 22.7. The van der Waals surface area contributed by atoms with Gasteiger partial charge in [-0.05, 0) is 11.5 Å². The van der Waals surface area contributed by atoms with Gasteiger partial charge in [0.2, 0.25) is 11.7 Å². The number of anilines is 1. The van der Waals surface area contributed by atoms with Crippen LogP contribution < -0.4 is 10.4 Å². The third kappa shape index (κ3) is 8.66. The van der Waals surface area contributed by atoms with Gasteiger partial charge in [0.1, 0.15) is 6.07 Å². The predicted molar refractivity (Wildman–Crippen MR) is 101 cm³/mol. The van der Waals surface area contributed by atoms with Crippen LogP contribution in [0.15, 0.2) is 42.6 Å². The van der Waals surface area contributed by atoms with Gasteiger partial charge < -0.3 is 5.11 Å². The van der Waals surface area contributed by atoms with Gasteiger partial charge in [0.05, 0.1) is 6.42 Å². The number of carboxylic acids is 1. The molecule has 2 aromatic rings. The Morgan fingerprint density at radius 3 is 2.33 bits per heavy atom. The zero-order valence-corrected chi connectivity index (χ0v) is 16.2. The molecular formula is C19H20F3N5O3. The Labute approximate surface area is 171 Å². The summed E-state index contributed by atoms with van der Waals surface area (Å²) in [5.41, 5.74) is 4.01. The summed E-state index contributed by atoms with van der Waals surface area (Å²) in [5, 5.41) is 17.5. The van der Waals surface area contributed by atoms with E-state index in [9.17, 15) is 18.0 Å². The molecule has 0 fully saturated rings. The van der Waals surface area contributed by atoms with Crippen LogP contribution in [0, 0.1) is 17.2 Å². The van der Waals surface area contributed by atoms with Crippen molar-refractivity contribution in [3.8, 4) is 6.07 Å². The number of halogens is 3. The molecule has 0 saturated carbocycles. The van der Waals surface area contributed by atoms with Crippen molar-refractivity contribution in [1.29, 1.82) is 5.26 Å². The van der Waals surface area contributed by atoms with E-state index < -0.39 is 12.1 Å². The smallest absolute Gasteiger partial charge is 0.475 e. The fraction of sp³-hybridized carbons (Fsp3) is 0.316. The lowest BCUT2D eigenvalue weighted by Gasteiger charge is -2.23. The number of hydrazine groups is 1. The number of hydrogen-bond donors (Lipinski definition) is 2. The van der Waals surface area contributed by atoms with E-state index in [0.29, 0.717) is 18.3 Å². The summed E-state index contributed by atoms with van der Waals surface area (Å²) in [7, 11) is 0. The van der Waals surface area contributed by atoms with Crippen molar-refractivity contribution in [2.24, 2.45) is 5.92 Å². The number of nitrogens with one attached hydrogen (secondary N) is 1. The lowest BCUT2D eigenvalue weighted by molar-refractivity contribution is -0.192. The van der Waals surface area contributed by atoms with E-state index in [1.165, 1.54) is 11.2 Å². The topological polar surface area (TPSA) is 119 Å². The molecule has 0 atom stereocenters. The van der Waals surface area contributed by atoms with Gasteiger partial charge in [0, 0.05) is 18.8 Å². The summed E-state index contributed by atoms with van der Waals surface area (Å²) in [4.78, 5) is 29.5. The molecule has 1 heterocycles. The van der Waals surface area contributed by atoms with Gasteiger partial charge in [-0.25, -0.2) is 20.2 Å². The molecule has 8 nitrogen and oxygen atoms in total. The van der Waals surface area contributed by atoms with Crippen LogP contribution in [0.2, 0.25) is 0 Å². The summed E-state index contributed by atoms with van der Waals surface area (Å²) in [5.74, 6) is -2.13. The van der Waals surface area contributed by atoms with Gasteiger partial charge in [-0.1, -0.05) is 44.2 Å². The molecule has 0 aliphatic rings. The fourth-order valence-corrected chi connectivity index (χ4v) is 1.95. The molecule has 0 bridgehead atoms. The number of amides is 1. The summed E-state index contributed by atoms with van der Waals surface area (Å²) >= 11 is 0. The highest BCUT2D eigenvalue weighted by Gasteiger charge is 2.38. The molecule has 1 aromatic carbocycles. The quantitative estimate of drug-likeness (QED) is 0.686. The highest BCUT2D eigenvalue weighted by molar-refractivity contribution is 5.93. The van der Waals surface area contributed by atoms with E-state index in [-0.39, 0.29) is 18.2 Å². The number of aliphatic carboxylic acids is 1. The second kappa shape index (κ2) is 11.5. The lowest BCUT2D eigenvalue weighted by Crippen LogP contribution is -2.46. The van der Waals surface area contributed by atoms with Crippen molar-refractivity contribution in [3.05, 3.63) is 54.0 Å². The van der Waals surface area contributed by atoms with Crippen molar-refractivity contribution in [3.63, 3.8) is 0 Å². The number of carbonyl (C=O) groups is 2. The molecule has 0 spiro atoms. The van der Waals surface area contributed by atoms with Crippen LogP contribution in [0.25, 0.3) is 0 Å². The molecule has 30 heavy (non-hydrogen) atoms. The Morgan fingerprint density at radius 1 is 1.23 bits per heavy atom. The number of nitrogens with zero attached hydrogens (tertiary/aromatic N) is 4. The molecule has 1 amide bonds. The fourth-order valence-electron chi connectivity index (χ4n) is 1.95. The Morgan fingerprint density at radius 2 is 1.83 bits per heavy atom. The second-order valence-corrected chi connectivity index (χ2v) is 6.30. The first kappa shape index (κ1) is 24.5. The number of carbonyl (C=O) groups excluding carboxylic acids is 1. The largest absolute Gasteiger partial charge is 0.490 e. The number of hydrogen-bond acceptors (Lipinski definition) is 6. The first-order chi connectivity index (χ1) is 14.0. The van der Waals surface area contributed by atoms with Gasteiger partial charge in [-0.15, -0.1) is 0 Å². The summed E-state index contributed by atoms with van der Waals surface area (Å²) in [6.07, 6.45) is -3.36. The van der Waals surface area contributed by atoms with E-state index in [1.54, 1.807) is 6.07 Å². The summed E-state index contributed by atoms with van der Waals surface area (Å²) in [6, 6.07) is 13.0. The van der Waals surface area contributed by atoms with Crippen LogP contribution in [-0.2, 0) is 16.0 Å². The number of benzene rings is 1. The van der Waals surface area contributed by atoms with Gasteiger partial charge in [-0.2, -0.15) is 23.4 Å². The van der Waals surface area contributed by atoms with Crippen molar-refractivity contribution < 1.29 is 27.9 Å². The molecule has 2 rings (SSSR count). The van der Waals surface area contributed by atoms with E-state index in [4.69, 9.17) is 15.2 Å². The highest BCUT2D eigenvalue weighted by atomic mass is 19.4. The number of aromatic nitrogens is 2. The van der Waals surface area contributed by atoms with E-state index >= 15 is 0 Å². The van der Waals surface area contributed by atoms with Crippen LogP contribution in [-0.4, -0.2) is 39.7 Å². The molecule has 0 saturated heterocycles. The molecule has 160 valence electrons. The zero-order valence-electron chi connectivity index (χ0n) is 16.2. The molecule has 0 radical (unpaired) electrons. The molecule has 2 N–H and O–H groups in total. The normalized spacial score (nSPS) is 10.6. The standard InChI is InChI=1S/C17H19N5O.C2HF3O2/c1-13(2)12-20-22(16-8-9-19-15(11-18)21-16)17(23)10-14-6-4-3-5-7-14;3-2(4,5)1(6)7/h3-9,13,20H,10,12H2,1-2H3;(H,6,7). The first-order valence-electron chi connectivity index (χ1n) is 8.68. The Bertz CT molecular complexity index is 883. The van der Waals surface area contributed by atoms with Gasteiger partial charge in [0.15, 0.2) is 5.82 Å². The average molecular weight is 423 g/mol. The Balaban J connectivity index is 0.000000553. The maximum absolute atomic E-state index is 12.6. The maximum Gasteiger partial charge on any atom is 0.490 e. The maximum atomic E-state index is 12.6. The molecule has 0 aliphatic carbocycles. The van der Waals surface area contributed by atoms with Crippen LogP contribution in [0.3, 0.4) is 0 Å². The van der Waals surface area contributed by atoms with Crippen molar-refractivity contribution in [1.82, 2.24) is 15.4 Å². The third-order valence-electron chi connectivity index (χ3n) is 3.32.